The first-order chi connectivity index (χ1) is 14.8. The summed E-state index contributed by atoms with van der Waals surface area (Å²) in [5.41, 5.74) is 1.58. The number of urea groups is 1. The molecule has 1 heterocycles. The fraction of sp³-hybridized carbons (Fsp3) is 0.364. The van der Waals surface area contributed by atoms with Crippen molar-refractivity contribution in [2.75, 3.05) is 5.32 Å². The topological polar surface area (TPSA) is 114 Å². The largest absolute Gasteiger partial charge is 0.449 e. The maximum absolute atomic E-state index is 13.0. The third-order valence-electron chi connectivity index (χ3n) is 4.57. The Labute approximate surface area is 184 Å². The standard InChI is InChI=1S/C22H25N3O5S/c1-12(2)23-22(29)25-18(26)13(3)30-21(28)17-16(14-7-5-4-6-8-14)11-31-20(17)24-19(27)15-9-10-15/h4-8,11-13,15H,9-10H2,1-3H3,(H,24,27)(H2,23,25,26,29)/t13-/m1/s1. The van der Waals surface area contributed by atoms with Gasteiger partial charge in [-0.3, -0.25) is 14.9 Å². The summed E-state index contributed by atoms with van der Waals surface area (Å²) in [7, 11) is 0. The highest BCUT2D eigenvalue weighted by Gasteiger charge is 2.32. The Bertz CT molecular complexity index is 982. The minimum Gasteiger partial charge on any atom is -0.449 e. The number of anilines is 1. The Hall–Kier alpha value is -3.20. The van der Waals surface area contributed by atoms with Crippen LogP contribution in [-0.4, -0.2) is 36.0 Å². The van der Waals surface area contributed by atoms with Gasteiger partial charge in [0.1, 0.15) is 10.6 Å². The number of hydrogen-bond acceptors (Lipinski definition) is 6. The number of thiophene rings is 1. The van der Waals surface area contributed by atoms with E-state index in [9.17, 15) is 19.2 Å². The minimum absolute atomic E-state index is 0.0321. The van der Waals surface area contributed by atoms with Crippen molar-refractivity contribution >= 4 is 40.2 Å². The molecule has 0 unspecified atom stereocenters. The second kappa shape index (κ2) is 9.74. The fourth-order valence-electron chi connectivity index (χ4n) is 2.83. The number of rotatable bonds is 7. The van der Waals surface area contributed by atoms with Crippen LogP contribution in [0.1, 0.15) is 44.0 Å². The lowest BCUT2D eigenvalue weighted by Gasteiger charge is -2.15. The molecule has 0 aliphatic heterocycles. The van der Waals surface area contributed by atoms with Crippen LogP contribution in [0.3, 0.4) is 0 Å². The van der Waals surface area contributed by atoms with E-state index in [1.54, 1.807) is 19.2 Å². The summed E-state index contributed by atoms with van der Waals surface area (Å²) >= 11 is 1.23. The molecule has 1 aromatic carbocycles. The van der Waals surface area contributed by atoms with Gasteiger partial charge in [0.2, 0.25) is 5.91 Å². The number of hydrogen-bond donors (Lipinski definition) is 3. The summed E-state index contributed by atoms with van der Waals surface area (Å²) in [6.07, 6.45) is 0.456. The molecule has 1 fully saturated rings. The van der Waals surface area contributed by atoms with E-state index in [1.165, 1.54) is 18.3 Å². The van der Waals surface area contributed by atoms with Gasteiger partial charge in [-0.15, -0.1) is 11.3 Å². The van der Waals surface area contributed by atoms with Crippen LogP contribution in [-0.2, 0) is 14.3 Å². The predicted octanol–water partition coefficient (Wildman–Crippen LogP) is 3.54. The van der Waals surface area contributed by atoms with Gasteiger partial charge in [0, 0.05) is 22.9 Å². The summed E-state index contributed by atoms with van der Waals surface area (Å²) < 4.78 is 5.35. The molecular weight excluding hydrogens is 418 g/mol. The average Bonchev–Trinajstić information content (AvgIpc) is 3.48. The van der Waals surface area contributed by atoms with Crippen molar-refractivity contribution in [2.24, 2.45) is 5.92 Å². The second-order valence-electron chi connectivity index (χ2n) is 7.65. The molecule has 0 bridgehead atoms. The Balaban J connectivity index is 1.79. The Kier molecular flexibility index (Phi) is 7.06. The molecule has 1 aliphatic rings. The molecule has 1 aliphatic carbocycles. The van der Waals surface area contributed by atoms with Gasteiger partial charge in [-0.1, -0.05) is 30.3 Å². The van der Waals surface area contributed by atoms with Gasteiger partial charge in [0.15, 0.2) is 6.10 Å². The number of carbonyl (C=O) groups is 4. The molecule has 9 heteroatoms. The number of esters is 1. The van der Waals surface area contributed by atoms with Crippen molar-refractivity contribution in [3.05, 3.63) is 41.3 Å². The zero-order valence-corrected chi connectivity index (χ0v) is 18.4. The van der Waals surface area contributed by atoms with Crippen LogP contribution in [0.4, 0.5) is 9.80 Å². The van der Waals surface area contributed by atoms with Crippen LogP contribution in [0, 0.1) is 5.92 Å². The second-order valence-corrected chi connectivity index (χ2v) is 8.53. The summed E-state index contributed by atoms with van der Waals surface area (Å²) in [6, 6.07) is 8.42. The zero-order chi connectivity index (χ0) is 22.5. The number of carbonyl (C=O) groups excluding carboxylic acids is 4. The maximum atomic E-state index is 13.0. The van der Waals surface area contributed by atoms with Crippen LogP contribution in [0.2, 0.25) is 0 Å². The van der Waals surface area contributed by atoms with Gasteiger partial charge in [0.25, 0.3) is 5.91 Å². The van der Waals surface area contributed by atoms with E-state index < -0.39 is 24.0 Å². The third kappa shape index (κ3) is 5.91. The molecule has 164 valence electrons. The zero-order valence-electron chi connectivity index (χ0n) is 17.6. The fourth-order valence-corrected chi connectivity index (χ4v) is 3.79. The Morgan fingerprint density at radius 1 is 1.06 bits per heavy atom. The van der Waals surface area contributed by atoms with E-state index in [2.05, 4.69) is 16.0 Å². The summed E-state index contributed by atoms with van der Waals surface area (Å²) in [5.74, 6) is -1.66. The molecule has 8 nitrogen and oxygen atoms in total. The van der Waals surface area contributed by atoms with E-state index >= 15 is 0 Å². The molecule has 1 aromatic heterocycles. The molecule has 0 radical (unpaired) electrons. The van der Waals surface area contributed by atoms with Crippen molar-refractivity contribution in [1.82, 2.24) is 10.6 Å². The van der Waals surface area contributed by atoms with Gasteiger partial charge in [-0.2, -0.15) is 0 Å². The smallest absolute Gasteiger partial charge is 0.342 e. The first-order valence-corrected chi connectivity index (χ1v) is 10.9. The highest BCUT2D eigenvalue weighted by atomic mass is 32.1. The maximum Gasteiger partial charge on any atom is 0.342 e. The third-order valence-corrected chi connectivity index (χ3v) is 5.47. The van der Waals surface area contributed by atoms with Crippen molar-refractivity contribution in [1.29, 1.82) is 0 Å². The lowest BCUT2D eigenvalue weighted by atomic mass is 10.0. The highest BCUT2D eigenvalue weighted by Crippen LogP contribution is 2.38. The molecule has 1 saturated carbocycles. The van der Waals surface area contributed by atoms with Gasteiger partial charge in [-0.05, 0) is 39.2 Å². The van der Waals surface area contributed by atoms with Crippen LogP contribution in [0.25, 0.3) is 11.1 Å². The first kappa shape index (κ1) is 22.5. The molecule has 1 atom stereocenters. The van der Waals surface area contributed by atoms with E-state index in [4.69, 9.17) is 4.74 Å². The molecular formula is C22H25N3O5S. The van der Waals surface area contributed by atoms with Gasteiger partial charge in [0.05, 0.1) is 0 Å². The monoisotopic (exact) mass is 443 g/mol. The molecule has 0 spiro atoms. The molecule has 31 heavy (non-hydrogen) atoms. The lowest BCUT2D eigenvalue weighted by molar-refractivity contribution is -0.128. The predicted molar refractivity (Wildman–Crippen MR) is 118 cm³/mol. The quantitative estimate of drug-likeness (QED) is 0.567. The van der Waals surface area contributed by atoms with Crippen molar-refractivity contribution in [3.63, 3.8) is 0 Å². The van der Waals surface area contributed by atoms with Crippen molar-refractivity contribution in [2.45, 2.75) is 45.8 Å². The van der Waals surface area contributed by atoms with E-state index in [1.807, 2.05) is 30.3 Å². The van der Waals surface area contributed by atoms with E-state index in [0.29, 0.717) is 10.6 Å². The highest BCUT2D eigenvalue weighted by molar-refractivity contribution is 7.15. The van der Waals surface area contributed by atoms with Crippen LogP contribution in [0.15, 0.2) is 35.7 Å². The summed E-state index contributed by atoms with van der Waals surface area (Å²) in [6.45, 7) is 4.90. The van der Waals surface area contributed by atoms with Crippen LogP contribution < -0.4 is 16.0 Å². The average molecular weight is 444 g/mol. The SMILES string of the molecule is CC(C)NC(=O)NC(=O)[C@@H](C)OC(=O)c1c(-c2ccccc2)csc1NC(=O)C1CC1. The Morgan fingerprint density at radius 3 is 2.35 bits per heavy atom. The van der Waals surface area contributed by atoms with Gasteiger partial charge < -0.3 is 15.4 Å². The number of ether oxygens (including phenoxy) is 1. The molecule has 0 saturated heterocycles. The number of nitrogens with one attached hydrogen (secondary N) is 3. The van der Waals surface area contributed by atoms with Gasteiger partial charge >= 0.3 is 12.0 Å². The lowest BCUT2D eigenvalue weighted by Crippen LogP contribution is -2.46. The minimum atomic E-state index is -1.21. The summed E-state index contributed by atoms with van der Waals surface area (Å²) in [5, 5.41) is 9.64. The molecule has 4 amide bonds. The summed E-state index contributed by atoms with van der Waals surface area (Å²) in [4.78, 5) is 49.3. The molecule has 3 rings (SSSR count). The van der Waals surface area contributed by atoms with Crippen molar-refractivity contribution in [3.8, 4) is 11.1 Å². The number of benzene rings is 1. The molecule has 2 aromatic rings. The van der Waals surface area contributed by atoms with Crippen LogP contribution >= 0.6 is 11.3 Å². The number of imide groups is 1. The normalized spacial score (nSPS) is 13.9. The van der Waals surface area contributed by atoms with Crippen molar-refractivity contribution < 1.29 is 23.9 Å². The van der Waals surface area contributed by atoms with E-state index in [-0.39, 0.29) is 23.4 Å². The molecule has 3 N–H and O–H groups in total. The van der Waals surface area contributed by atoms with Gasteiger partial charge in [-0.25, -0.2) is 9.59 Å². The first-order valence-electron chi connectivity index (χ1n) is 10.1. The Morgan fingerprint density at radius 2 is 1.74 bits per heavy atom. The van der Waals surface area contributed by atoms with Crippen LogP contribution in [0.5, 0.6) is 0 Å². The number of amides is 4. The van der Waals surface area contributed by atoms with E-state index in [0.717, 1.165) is 18.4 Å².